The molecule has 0 aliphatic carbocycles. The van der Waals surface area contributed by atoms with Crippen LogP contribution in [0.4, 0.5) is 5.69 Å². The molecule has 0 radical (unpaired) electrons. The van der Waals surface area contributed by atoms with Gasteiger partial charge in [0.1, 0.15) is 0 Å². The fourth-order valence-corrected chi connectivity index (χ4v) is 1.27. The number of amides is 2. The Morgan fingerprint density at radius 3 is 2.53 bits per heavy atom. The Bertz CT molecular complexity index is 482. The minimum atomic E-state index is -1.37. The van der Waals surface area contributed by atoms with Crippen LogP contribution in [-0.2, 0) is 9.59 Å². The standard InChI is InChI=1S/C11H12N2O4S.Na/c14-9(6-18)13-8-3-1-2-7(4-8)11(17)12-5-10(15)16;/h1-4,18H,5-6H2,(H,12,17)(H,13,14)(H,15,16);/q;+1/p-1. The van der Waals surface area contributed by atoms with Gasteiger partial charge in [0.25, 0.3) is 5.91 Å². The largest absolute Gasteiger partial charge is 1.00 e. The summed E-state index contributed by atoms with van der Waals surface area (Å²) < 4.78 is 0. The number of nitrogens with one attached hydrogen (secondary N) is 2. The van der Waals surface area contributed by atoms with Crippen molar-refractivity contribution < 1.29 is 49.0 Å². The number of carbonyl (C=O) groups excluding carboxylic acids is 3. The van der Waals surface area contributed by atoms with Gasteiger partial charge in [-0.25, -0.2) is 0 Å². The first-order valence-electron chi connectivity index (χ1n) is 5.01. The summed E-state index contributed by atoms with van der Waals surface area (Å²) in [5.74, 6) is -2.20. The van der Waals surface area contributed by atoms with E-state index >= 15 is 0 Å². The molecule has 0 atom stereocenters. The maximum absolute atomic E-state index is 11.5. The summed E-state index contributed by atoms with van der Waals surface area (Å²) in [6.07, 6.45) is 0. The van der Waals surface area contributed by atoms with Crippen molar-refractivity contribution in [3.05, 3.63) is 29.8 Å². The Balaban J connectivity index is 0.00000324. The summed E-state index contributed by atoms with van der Waals surface area (Å²) in [7, 11) is 0. The van der Waals surface area contributed by atoms with Gasteiger partial charge in [-0.1, -0.05) is 6.07 Å². The predicted octanol–water partition coefficient (Wildman–Crippen LogP) is -3.96. The van der Waals surface area contributed by atoms with Gasteiger partial charge in [0, 0.05) is 11.3 Å². The van der Waals surface area contributed by atoms with Crippen molar-refractivity contribution in [1.82, 2.24) is 5.32 Å². The van der Waals surface area contributed by atoms with Crippen LogP contribution in [0.25, 0.3) is 0 Å². The van der Waals surface area contributed by atoms with Gasteiger partial charge in [-0.2, -0.15) is 12.6 Å². The number of anilines is 1. The van der Waals surface area contributed by atoms with Crippen LogP contribution >= 0.6 is 12.6 Å². The van der Waals surface area contributed by atoms with Crippen LogP contribution in [0, 0.1) is 0 Å². The van der Waals surface area contributed by atoms with Crippen LogP contribution in [-0.4, -0.2) is 30.1 Å². The fourth-order valence-electron chi connectivity index (χ4n) is 1.19. The average Bonchev–Trinajstić information content (AvgIpc) is 2.36. The fraction of sp³-hybridized carbons (Fsp3) is 0.182. The molecule has 19 heavy (non-hydrogen) atoms. The summed E-state index contributed by atoms with van der Waals surface area (Å²) in [5.41, 5.74) is 0.684. The van der Waals surface area contributed by atoms with E-state index in [2.05, 4.69) is 23.3 Å². The molecule has 2 N–H and O–H groups in total. The second-order valence-electron chi connectivity index (χ2n) is 3.34. The maximum atomic E-state index is 11.5. The number of thiol groups is 1. The molecule has 6 nitrogen and oxygen atoms in total. The minimum absolute atomic E-state index is 0. The number of carboxylic acids is 1. The minimum Gasteiger partial charge on any atom is -0.548 e. The number of aliphatic carboxylic acids is 1. The average molecular weight is 290 g/mol. The van der Waals surface area contributed by atoms with Gasteiger partial charge in [-0.3, -0.25) is 9.59 Å². The molecule has 0 saturated heterocycles. The normalized spacial score (nSPS) is 9.11. The third-order valence-corrected chi connectivity index (χ3v) is 2.23. The van der Waals surface area contributed by atoms with Crippen molar-refractivity contribution in [3.8, 4) is 0 Å². The summed E-state index contributed by atoms with van der Waals surface area (Å²) in [6, 6.07) is 6.12. The van der Waals surface area contributed by atoms with E-state index in [1.165, 1.54) is 12.1 Å². The van der Waals surface area contributed by atoms with Gasteiger partial charge in [-0.15, -0.1) is 0 Å². The van der Waals surface area contributed by atoms with Crippen LogP contribution in [0.3, 0.4) is 0 Å². The van der Waals surface area contributed by atoms with Gasteiger partial charge in [0.15, 0.2) is 0 Å². The molecule has 96 valence electrons. The Kier molecular flexibility index (Phi) is 8.49. The first-order valence-corrected chi connectivity index (χ1v) is 5.65. The van der Waals surface area contributed by atoms with E-state index in [4.69, 9.17) is 0 Å². The van der Waals surface area contributed by atoms with E-state index in [9.17, 15) is 19.5 Å². The maximum Gasteiger partial charge on any atom is 1.00 e. The van der Waals surface area contributed by atoms with Crippen molar-refractivity contribution in [2.75, 3.05) is 17.6 Å². The van der Waals surface area contributed by atoms with Crippen LogP contribution < -0.4 is 45.3 Å². The number of carboxylic acid groups (broad SMARTS) is 1. The van der Waals surface area contributed by atoms with Gasteiger partial charge in [0.05, 0.1) is 18.3 Å². The monoisotopic (exact) mass is 290 g/mol. The van der Waals surface area contributed by atoms with Crippen molar-refractivity contribution in [2.45, 2.75) is 0 Å². The third-order valence-electron chi connectivity index (χ3n) is 1.95. The van der Waals surface area contributed by atoms with Crippen molar-refractivity contribution in [1.29, 1.82) is 0 Å². The molecule has 0 spiro atoms. The van der Waals surface area contributed by atoms with Gasteiger partial charge in [-0.05, 0) is 18.2 Å². The van der Waals surface area contributed by atoms with Gasteiger partial charge >= 0.3 is 29.6 Å². The first-order chi connectivity index (χ1) is 8.52. The topological polar surface area (TPSA) is 98.3 Å². The van der Waals surface area contributed by atoms with Gasteiger partial charge < -0.3 is 20.5 Å². The Hall–Kier alpha value is -1.02. The van der Waals surface area contributed by atoms with Crippen molar-refractivity contribution in [2.24, 2.45) is 0 Å². The quantitative estimate of drug-likeness (QED) is 0.381. The van der Waals surface area contributed by atoms with E-state index in [0.717, 1.165) is 0 Å². The molecule has 8 heteroatoms. The van der Waals surface area contributed by atoms with E-state index in [0.29, 0.717) is 5.69 Å². The predicted molar refractivity (Wildman–Crippen MR) is 66.3 cm³/mol. The summed E-state index contributed by atoms with van der Waals surface area (Å²) in [4.78, 5) is 32.8. The molecular formula is C11H11N2NaO4S. The molecule has 0 fully saturated rings. The zero-order valence-electron chi connectivity index (χ0n) is 10.3. The first kappa shape index (κ1) is 18.0. The molecule has 1 aromatic carbocycles. The van der Waals surface area contributed by atoms with Crippen molar-refractivity contribution in [3.63, 3.8) is 0 Å². The molecule has 0 aliphatic rings. The van der Waals surface area contributed by atoms with E-state index in [1.807, 2.05) is 0 Å². The second-order valence-corrected chi connectivity index (χ2v) is 3.66. The zero-order chi connectivity index (χ0) is 13.5. The van der Waals surface area contributed by atoms with Crippen LogP contribution in [0.5, 0.6) is 0 Å². The molecule has 1 rings (SSSR count). The Morgan fingerprint density at radius 2 is 1.95 bits per heavy atom. The van der Waals surface area contributed by atoms with E-state index < -0.39 is 18.4 Å². The van der Waals surface area contributed by atoms with E-state index in [1.54, 1.807) is 12.1 Å². The molecule has 0 heterocycles. The number of rotatable bonds is 5. The number of benzene rings is 1. The molecular weight excluding hydrogens is 279 g/mol. The number of carbonyl (C=O) groups is 3. The van der Waals surface area contributed by atoms with Crippen LogP contribution in [0.2, 0.25) is 0 Å². The summed E-state index contributed by atoms with van der Waals surface area (Å²) in [5, 5.41) is 14.9. The molecule has 0 bridgehead atoms. The SMILES string of the molecule is O=C([O-])CNC(=O)c1cccc(NC(=O)CS)c1.[Na+]. The Labute approximate surface area is 137 Å². The number of hydrogen-bond donors (Lipinski definition) is 3. The molecule has 1 aromatic rings. The zero-order valence-corrected chi connectivity index (χ0v) is 13.2. The van der Waals surface area contributed by atoms with Crippen molar-refractivity contribution >= 4 is 36.1 Å². The third kappa shape index (κ3) is 6.63. The molecule has 0 aromatic heterocycles. The molecule has 0 aliphatic heterocycles. The van der Waals surface area contributed by atoms with Crippen LogP contribution in [0.15, 0.2) is 24.3 Å². The summed E-state index contributed by atoms with van der Waals surface area (Å²) >= 11 is 3.80. The van der Waals surface area contributed by atoms with Gasteiger partial charge in [0.2, 0.25) is 5.91 Å². The molecule has 0 unspecified atom stereocenters. The summed E-state index contributed by atoms with van der Waals surface area (Å²) in [6.45, 7) is -0.563. The smallest absolute Gasteiger partial charge is 0.548 e. The number of hydrogen-bond acceptors (Lipinski definition) is 5. The van der Waals surface area contributed by atoms with E-state index in [-0.39, 0.29) is 46.8 Å². The molecule has 2 amide bonds. The Morgan fingerprint density at radius 1 is 1.26 bits per heavy atom. The molecule has 0 saturated carbocycles. The second kappa shape index (κ2) is 8.98. The van der Waals surface area contributed by atoms with Crippen LogP contribution in [0.1, 0.15) is 10.4 Å².